The van der Waals surface area contributed by atoms with Gasteiger partial charge in [-0.1, -0.05) is 20.6 Å². The van der Waals surface area contributed by atoms with Crippen molar-refractivity contribution in [2.45, 2.75) is 7.43 Å². The molecule has 1 heterocycles. The summed E-state index contributed by atoms with van der Waals surface area (Å²) in [6, 6.07) is 1.77. The van der Waals surface area contributed by atoms with E-state index in [-0.39, 0.29) is 7.43 Å². The number of rotatable bonds is 3. The summed E-state index contributed by atoms with van der Waals surface area (Å²) in [5, 5.41) is 3.91. The quantitative estimate of drug-likeness (QED) is 0.654. The van der Waals surface area contributed by atoms with Crippen LogP contribution in [0.25, 0.3) is 5.70 Å². The first-order valence-corrected chi connectivity index (χ1v) is 3.41. The van der Waals surface area contributed by atoms with Crippen LogP contribution in [0.5, 0.6) is 0 Å². The number of nitrogens with zero attached hydrogens (tertiary/aromatic N) is 2. The van der Waals surface area contributed by atoms with Crippen LogP contribution in [-0.4, -0.2) is 9.78 Å². The fraction of sp³-hybridized carbons (Fsp3) is 0.100. The van der Waals surface area contributed by atoms with Gasteiger partial charge in [-0.3, -0.25) is 0 Å². The Morgan fingerprint density at radius 3 is 2.54 bits per heavy atom. The predicted molar refractivity (Wildman–Crippen MR) is 53.7 cm³/mol. The Morgan fingerprint density at radius 2 is 2.08 bits per heavy atom. The van der Waals surface area contributed by atoms with Crippen molar-refractivity contribution in [3.63, 3.8) is 0 Å². The molecule has 0 bridgehead atoms. The number of halogens is 1. The maximum atomic E-state index is 12.2. The Morgan fingerprint density at radius 1 is 1.38 bits per heavy atom. The third-order valence-electron chi connectivity index (χ3n) is 1.26. The molecular weight excluding hydrogens is 167 g/mol. The van der Waals surface area contributed by atoms with E-state index in [2.05, 4.69) is 18.3 Å². The van der Waals surface area contributed by atoms with Crippen LogP contribution in [0.15, 0.2) is 49.6 Å². The van der Waals surface area contributed by atoms with Gasteiger partial charge in [0.05, 0.1) is 5.70 Å². The number of hydrogen-bond acceptors (Lipinski definition) is 1. The summed E-state index contributed by atoms with van der Waals surface area (Å²) >= 11 is 0. The zero-order valence-electron chi connectivity index (χ0n) is 6.57. The van der Waals surface area contributed by atoms with Gasteiger partial charge in [-0.2, -0.15) is 5.10 Å². The van der Waals surface area contributed by atoms with E-state index < -0.39 is 5.83 Å². The molecule has 0 amide bonds. The SMILES string of the molecule is C.C=C(F)/C=C\C(=C)n1cccn1. The molecule has 0 aromatic carbocycles. The summed E-state index contributed by atoms with van der Waals surface area (Å²) in [5.41, 5.74) is 0.596. The van der Waals surface area contributed by atoms with Crippen molar-refractivity contribution in [1.29, 1.82) is 0 Å². The van der Waals surface area contributed by atoms with Crippen molar-refractivity contribution in [2.24, 2.45) is 0 Å². The highest BCUT2D eigenvalue weighted by atomic mass is 19.1. The molecule has 0 radical (unpaired) electrons. The Balaban J connectivity index is 0.00000144. The normalized spacial score (nSPS) is 9.62. The molecule has 70 valence electrons. The van der Waals surface area contributed by atoms with E-state index in [0.717, 1.165) is 0 Å². The van der Waals surface area contributed by atoms with Crippen molar-refractivity contribution in [1.82, 2.24) is 9.78 Å². The zero-order valence-corrected chi connectivity index (χ0v) is 6.57. The molecule has 0 aliphatic carbocycles. The van der Waals surface area contributed by atoms with E-state index in [0.29, 0.717) is 5.70 Å². The van der Waals surface area contributed by atoms with Crippen molar-refractivity contribution in [3.05, 3.63) is 49.6 Å². The summed E-state index contributed by atoms with van der Waals surface area (Å²) < 4.78 is 13.7. The Hall–Kier alpha value is -1.64. The smallest absolute Gasteiger partial charge is 0.116 e. The van der Waals surface area contributed by atoms with Gasteiger partial charge < -0.3 is 0 Å². The van der Waals surface area contributed by atoms with Crippen LogP contribution in [0.2, 0.25) is 0 Å². The summed E-state index contributed by atoms with van der Waals surface area (Å²) in [7, 11) is 0. The van der Waals surface area contributed by atoms with Crippen LogP contribution in [0.3, 0.4) is 0 Å². The van der Waals surface area contributed by atoms with E-state index in [1.807, 2.05) is 0 Å². The molecule has 1 aromatic heterocycles. The molecule has 0 atom stereocenters. The van der Waals surface area contributed by atoms with Crippen LogP contribution < -0.4 is 0 Å². The molecule has 0 aliphatic heterocycles. The van der Waals surface area contributed by atoms with E-state index in [4.69, 9.17) is 0 Å². The Labute approximate surface area is 77.7 Å². The van der Waals surface area contributed by atoms with Crippen molar-refractivity contribution < 1.29 is 4.39 Å². The number of hydrogen-bond donors (Lipinski definition) is 0. The molecule has 0 saturated carbocycles. The molecular formula is C10H13FN2. The minimum absolute atomic E-state index is 0. The fourth-order valence-corrected chi connectivity index (χ4v) is 0.702. The van der Waals surface area contributed by atoms with Gasteiger partial charge in [-0.15, -0.1) is 0 Å². The average Bonchev–Trinajstić information content (AvgIpc) is 2.51. The van der Waals surface area contributed by atoms with Gasteiger partial charge in [0.1, 0.15) is 5.83 Å². The lowest BCUT2D eigenvalue weighted by Gasteiger charge is -1.97. The monoisotopic (exact) mass is 180 g/mol. The molecule has 0 saturated heterocycles. The highest BCUT2D eigenvalue weighted by Gasteiger charge is 1.90. The minimum Gasteiger partial charge on any atom is -0.242 e. The summed E-state index contributed by atoms with van der Waals surface area (Å²) in [6.07, 6.45) is 6.11. The van der Waals surface area contributed by atoms with Gasteiger partial charge in [-0.25, -0.2) is 9.07 Å². The molecule has 0 aliphatic rings. The number of aromatic nitrogens is 2. The standard InChI is InChI=1S/C9H9FN2.CH4/c1-8(10)4-5-9(2)12-7-3-6-11-12;/h3-7H,1-2H2;1H4/b5-4-;. The highest BCUT2D eigenvalue weighted by molar-refractivity contribution is 5.53. The van der Waals surface area contributed by atoms with E-state index >= 15 is 0 Å². The second kappa shape index (κ2) is 5.09. The van der Waals surface area contributed by atoms with Crippen LogP contribution in [0.4, 0.5) is 4.39 Å². The second-order valence-corrected chi connectivity index (χ2v) is 2.22. The summed E-state index contributed by atoms with van der Waals surface area (Å²) in [4.78, 5) is 0. The largest absolute Gasteiger partial charge is 0.242 e. The molecule has 13 heavy (non-hydrogen) atoms. The molecule has 1 aromatic rings. The third kappa shape index (κ3) is 3.51. The first-order chi connectivity index (χ1) is 5.70. The molecule has 0 spiro atoms. The van der Waals surface area contributed by atoms with Gasteiger partial charge >= 0.3 is 0 Å². The van der Waals surface area contributed by atoms with Crippen LogP contribution in [0.1, 0.15) is 7.43 Å². The van der Waals surface area contributed by atoms with Gasteiger partial charge in [0.25, 0.3) is 0 Å². The first kappa shape index (κ1) is 11.4. The van der Waals surface area contributed by atoms with E-state index in [1.165, 1.54) is 12.2 Å². The average molecular weight is 180 g/mol. The Kier molecular flexibility index (Phi) is 4.44. The Bertz CT molecular complexity index is 310. The van der Waals surface area contributed by atoms with Crippen molar-refractivity contribution in [2.75, 3.05) is 0 Å². The first-order valence-electron chi connectivity index (χ1n) is 3.41. The molecule has 1 rings (SSSR count). The van der Waals surface area contributed by atoms with E-state index in [9.17, 15) is 4.39 Å². The lowest BCUT2D eigenvalue weighted by atomic mass is 10.4. The fourth-order valence-electron chi connectivity index (χ4n) is 0.702. The van der Waals surface area contributed by atoms with Gasteiger partial charge in [0, 0.05) is 12.4 Å². The maximum absolute atomic E-state index is 12.2. The van der Waals surface area contributed by atoms with Crippen molar-refractivity contribution >= 4 is 5.70 Å². The van der Waals surface area contributed by atoms with Gasteiger partial charge in [-0.05, 0) is 18.2 Å². The van der Waals surface area contributed by atoms with Gasteiger partial charge in [0.2, 0.25) is 0 Å². The van der Waals surface area contributed by atoms with Crippen LogP contribution in [0, 0.1) is 0 Å². The summed E-state index contributed by atoms with van der Waals surface area (Å²) in [6.45, 7) is 6.76. The van der Waals surface area contributed by atoms with Crippen LogP contribution >= 0.6 is 0 Å². The third-order valence-corrected chi connectivity index (χ3v) is 1.26. The zero-order chi connectivity index (χ0) is 8.97. The second-order valence-electron chi connectivity index (χ2n) is 2.22. The molecule has 0 unspecified atom stereocenters. The molecule has 0 N–H and O–H groups in total. The topological polar surface area (TPSA) is 17.8 Å². The van der Waals surface area contributed by atoms with Gasteiger partial charge in [0.15, 0.2) is 0 Å². The predicted octanol–water partition coefficient (Wildman–Crippen LogP) is 3.03. The molecule has 2 nitrogen and oxygen atoms in total. The lowest BCUT2D eigenvalue weighted by molar-refractivity contribution is 0.671. The minimum atomic E-state index is -0.497. The number of allylic oxidation sites excluding steroid dienone is 4. The molecule has 0 fully saturated rings. The lowest BCUT2D eigenvalue weighted by Crippen LogP contribution is -1.92. The molecule has 3 heteroatoms. The summed E-state index contributed by atoms with van der Waals surface area (Å²) in [5.74, 6) is -0.497. The van der Waals surface area contributed by atoms with Crippen molar-refractivity contribution in [3.8, 4) is 0 Å². The highest BCUT2D eigenvalue weighted by Crippen LogP contribution is 2.03. The maximum Gasteiger partial charge on any atom is 0.116 e. The van der Waals surface area contributed by atoms with Crippen LogP contribution in [-0.2, 0) is 0 Å². The van der Waals surface area contributed by atoms with E-state index in [1.54, 1.807) is 23.1 Å².